The van der Waals surface area contributed by atoms with Gasteiger partial charge in [0, 0.05) is 16.5 Å². The average Bonchev–Trinajstić information content (AvgIpc) is 3.28. The van der Waals surface area contributed by atoms with Crippen molar-refractivity contribution in [2.24, 2.45) is 0 Å². The Labute approximate surface area is 189 Å². The second kappa shape index (κ2) is 10.2. The van der Waals surface area contributed by atoms with Crippen LogP contribution in [0.1, 0.15) is 21.7 Å². The quantitative estimate of drug-likeness (QED) is 0.398. The van der Waals surface area contributed by atoms with Gasteiger partial charge in [-0.1, -0.05) is 54.1 Å². The molecule has 0 saturated heterocycles. The highest BCUT2D eigenvalue weighted by atomic mass is 35.5. The number of amides is 1. The van der Waals surface area contributed by atoms with Gasteiger partial charge in [-0.25, -0.2) is 0 Å². The molecule has 0 bridgehead atoms. The van der Waals surface area contributed by atoms with Gasteiger partial charge >= 0.3 is 0 Å². The normalized spacial score (nSPS) is 10.7. The largest absolute Gasteiger partial charge is 0.352 e. The van der Waals surface area contributed by atoms with E-state index < -0.39 is 0 Å². The maximum Gasteiger partial charge on any atom is 0.252 e. The Balaban J connectivity index is 1.39. The van der Waals surface area contributed by atoms with Crippen LogP contribution in [-0.2, 0) is 12.2 Å². The second-order valence-electron chi connectivity index (χ2n) is 6.76. The van der Waals surface area contributed by atoms with Crippen LogP contribution in [0.3, 0.4) is 0 Å². The zero-order chi connectivity index (χ0) is 21.5. The topological polar surface area (TPSA) is 72.7 Å². The van der Waals surface area contributed by atoms with Gasteiger partial charge in [-0.05, 0) is 58.8 Å². The zero-order valence-corrected chi connectivity index (χ0v) is 18.2. The monoisotopic (exact) mass is 449 g/mol. The highest BCUT2D eigenvalue weighted by Crippen LogP contribution is 2.26. The lowest BCUT2D eigenvalue weighted by Crippen LogP contribution is -2.26. The number of para-hydroxylation sites is 1. The van der Waals surface area contributed by atoms with E-state index in [4.69, 9.17) is 11.6 Å². The minimum absolute atomic E-state index is 0.0975. The summed E-state index contributed by atoms with van der Waals surface area (Å²) in [7, 11) is 0. The summed E-state index contributed by atoms with van der Waals surface area (Å²) in [5.41, 5.74) is 2.67. The van der Waals surface area contributed by atoms with Gasteiger partial charge < -0.3 is 5.32 Å². The molecule has 1 heterocycles. The van der Waals surface area contributed by atoms with Crippen molar-refractivity contribution in [2.75, 3.05) is 6.54 Å². The van der Waals surface area contributed by atoms with E-state index in [1.807, 2.05) is 78.9 Å². The molecule has 31 heavy (non-hydrogen) atoms. The van der Waals surface area contributed by atoms with Crippen LogP contribution in [0.2, 0.25) is 5.02 Å². The molecule has 0 unspecified atom stereocenters. The summed E-state index contributed by atoms with van der Waals surface area (Å²) in [4.78, 5) is 13.7. The summed E-state index contributed by atoms with van der Waals surface area (Å²) in [6, 6.07) is 24.9. The number of rotatable bonds is 8. The fraction of sp³-hybridized carbons (Fsp3) is 0.130. The molecule has 1 N–H and O–H groups in total. The van der Waals surface area contributed by atoms with E-state index in [9.17, 15) is 4.79 Å². The molecule has 4 rings (SSSR count). The number of benzene rings is 3. The summed E-state index contributed by atoms with van der Waals surface area (Å²) >= 11 is 7.45. The molecule has 0 aliphatic carbocycles. The average molecular weight is 450 g/mol. The van der Waals surface area contributed by atoms with Crippen molar-refractivity contribution in [2.45, 2.75) is 17.1 Å². The first-order valence-corrected chi connectivity index (χ1v) is 11.1. The molecule has 6 nitrogen and oxygen atoms in total. The molecule has 8 heteroatoms. The predicted molar refractivity (Wildman–Crippen MR) is 123 cm³/mol. The number of aromatic nitrogens is 4. The van der Waals surface area contributed by atoms with Gasteiger partial charge in [-0.2, -0.15) is 4.68 Å². The summed E-state index contributed by atoms with van der Waals surface area (Å²) in [5, 5.41) is 15.7. The van der Waals surface area contributed by atoms with Crippen molar-refractivity contribution in [3.05, 3.63) is 101 Å². The highest BCUT2D eigenvalue weighted by molar-refractivity contribution is 7.98. The van der Waals surface area contributed by atoms with E-state index in [1.54, 1.807) is 4.68 Å². The number of carbonyl (C=O) groups is 1. The maximum absolute atomic E-state index is 12.8. The third-order valence-electron chi connectivity index (χ3n) is 4.64. The van der Waals surface area contributed by atoms with Gasteiger partial charge in [-0.15, -0.1) is 16.9 Å². The molecule has 3 aromatic carbocycles. The Morgan fingerprint density at radius 3 is 2.52 bits per heavy atom. The molecule has 1 aromatic heterocycles. The SMILES string of the molecule is O=C(NCCc1ccc(Cl)cc1)c1ccccc1SCc1nnnn1-c1ccccc1. The summed E-state index contributed by atoms with van der Waals surface area (Å²) in [6.45, 7) is 0.547. The molecule has 0 radical (unpaired) electrons. The number of nitrogens with one attached hydrogen (secondary N) is 1. The lowest BCUT2D eigenvalue weighted by molar-refractivity contribution is 0.0951. The third-order valence-corrected chi connectivity index (χ3v) is 5.96. The Kier molecular flexibility index (Phi) is 6.96. The van der Waals surface area contributed by atoms with Crippen molar-refractivity contribution in [3.63, 3.8) is 0 Å². The van der Waals surface area contributed by atoms with Gasteiger partial charge in [0.25, 0.3) is 5.91 Å². The first-order valence-electron chi connectivity index (χ1n) is 9.78. The molecule has 0 spiro atoms. The molecular formula is C23H20ClN5OS. The molecule has 156 valence electrons. The number of thioether (sulfide) groups is 1. The molecular weight excluding hydrogens is 430 g/mol. The van der Waals surface area contributed by atoms with E-state index in [0.717, 1.165) is 22.6 Å². The minimum Gasteiger partial charge on any atom is -0.352 e. The Hall–Kier alpha value is -3.16. The van der Waals surface area contributed by atoms with E-state index in [-0.39, 0.29) is 5.91 Å². The molecule has 0 saturated carbocycles. The molecule has 0 atom stereocenters. The lowest BCUT2D eigenvalue weighted by Gasteiger charge is -2.10. The van der Waals surface area contributed by atoms with Crippen LogP contribution in [0.5, 0.6) is 0 Å². The molecule has 0 aliphatic heterocycles. The Morgan fingerprint density at radius 1 is 0.968 bits per heavy atom. The van der Waals surface area contributed by atoms with E-state index in [2.05, 4.69) is 20.8 Å². The van der Waals surface area contributed by atoms with Crippen molar-refractivity contribution in [3.8, 4) is 5.69 Å². The number of hydrogen-bond acceptors (Lipinski definition) is 5. The number of halogens is 1. The number of nitrogens with zero attached hydrogens (tertiary/aromatic N) is 4. The van der Waals surface area contributed by atoms with E-state index in [1.165, 1.54) is 11.8 Å². The summed E-state index contributed by atoms with van der Waals surface area (Å²) in [5.74, 6) is 1.16. The molecule has 4 aromatic rings. The summed E-state index contributed by atoms with van der Waals surface area (Å²) in [6.07, 6.45) is 0.740. The van der Waals surface area contributed by atoms with Gasteiger partial charge in [-0.3, -0.25) is 4.79 Å². The van der Waals surface area contributed by atoms with E-state index >= 15 is 0 Å². The van der Waals surface area contributed by atoms with Gasteiger partial charge in [0.05, 0.1) is 17.0 Å². The number of hydrogen-bond donors (Lipinski definition) is 1. The Morgan fingerprint density at radius 2 is 1.71 bits per heavy atom. The number of carbonyl (C=O) groups excluding carboxylic acids is 1. The molecule has 0 fully saturated rings. The second-order valence-corrected chi connectivity index (χ2v) is 8.21. The van der Waals surface area contributed by atoms with Crippen LogP contribution >= 0.6 is 23.4 Å². The van der Waals surface area contributed by atoms with Crippen LogP contribution in [0.25, 0.3) is 5.69 Å². The lowest BCUT2D eigenvalue weighted by atomic mass is 10.1. The standard InChI is InChI=1S/C23H20ClN5OS/c24-18-12-10-17(11-13-18)14-15-25-23(30)20-8-4-5-9-21(20)31-16-22-26-27-28-29(22)19-6-2-1-3-7-19/h1-13H,14-16H2,(H,25,30). The third kappa shape index (κ3) is 5.51. The molecule has 0 aliphatic rings. The fourth-order valence-corrected chi connectivity index (χ4v) is 4.14. The van der Waals surface area contributed by atoms with Crippen LogP contribution in [0, 0.1) is 0 Å². The van der Waals surface area contributed by atoms with Gasteiger partial charge in [0.1, 0.15) is 0 Å². The van der Waals surface area contributed by atoms with Crippen LogP contribution in [0.15, 0.2) is 83.8 Å². The van der Waals surface area contributed by atoms with Crippen LogP contribution < -0.4 is 5.32 Å². The minimum atomic E-state index is -0.0975. The van der Waals surface area contributed by atoms with Crippen molar-refractivity contribution in [1.29, 1.82) is 0 Å². The fourth-order valence-electron chi connectivity index (χ4n) is 3.05. The first-order chi connectivity index (χ1) is 15.2. The first kappa shape index (κ1) is 21.1. The van der Waals surface area contributed by atoms with Crippen molar-refractivity contribution in [1.82, 2.24) is 25.5 Å². The smallest absolute Gasteiger partial charge is 0.252 e. The van der Waals surface area contributed by atoms with Crippen molar-refractivity contribution >= 4 is 29.3 Å². The van der Waals surface area contributed by atoms with Gasteiger partial charge in [0.2, 0.25) is 0 Å². The van der Waals surface area contributed by atoms with Crippen LogP contribution in [0.4, 0.5) is 0 Å². The van der Waals surface area contributed by atoms with Crippen molar-refractivity contribution < 1.29 is 4.79 Å². The van der Waals surface area contributed by atoms with Gasteiger partial charge in [0.15, 0.2) is 5.82 Å². The Bertz CT molecular complexity index is 1150. The highest BCUT2D eigenvalue weighted by Gasteiger charge is 2.14. The zero-order valence-electron chi connectivity index (χ0n) is 16.6. The molecule has 1 amide bonds. The predicted octanol–water partition coefficient (Wildman–Crippen LogP) is 4.58. The van der Waals surface area contributed by atoms with Crippen LogP contribution in [-0.4, -0.2) is 32.7 Å². The summed E-state index contributed by atoms with van der Waals surface area (Å²) < 4.78 is 1.71. The van der Waals surface area contributed by atoms with E-state index in [0.29, 0.717) is 28.7 Å². The maximum atomic E-state index is 12.8. The number of tetrazole rings is 1.